The summed E-state index contributed by atoms with van der Waals surface area (Å²) in [6.45, 7) is 1.80. The van der Waals surface area contributed by atoms with Crippen LogP contribution in [-0.4, -0.2) is 28.6 Å². The largest absolute Gasteiger partial charge is 0.462 e. The summed E-state index contributed by atoms with van der Waals surface area (Å²) in [6.07, 6.45) is 0.0252. The summed E-state index contributed by atoms with van der Waals surface area (Å²) >= 11 is 3.03. The lowest BCUT2D eigenvalue weighted by Gasteiger charge is -2.07. The minimum Gasteiger partial charge on any atom is -0.462 e. The molecule has 0 N–H and O–H groups in total. The molecule has 0 aliphatic rings. The lowest BCUT2D eigenvalue weighted by Crippen LogP contribution is -2.12. The number of hydrogen-bond acceptors (Lipinski definition) is 5. The number of ether oxygens (including phenoxy) is 1. The highest BCUT2D eigenvalue weighted by molar-refractivity contribution is 9.09. The van der Waals surface area contributed by atoms with Crippen LogP contribution in [0.3, 0.4) is 0 Å². The molecule has 0 aliphatic carbocycles. The predicted octanol–water partition coefficient (Wildman–Crippen LogP) is 2.28. The van der Waals surface area contributed by atoms with E-state index in [1.165, 1.54) is 12.1 Å². The number of nitro groups is 1. The number of hydrogen-bond donors (Lipinski definition) is 0. The Kier molecular flexibility index (Phi) is 5.62. The van der Waals surface area contributed by atoms with Crippen molar-refractivity contribution in [3.05, 3.63) is 39.4 Å². The van der Waals surface area contributed by atoms with Crippen LogP contribution in [0.25, 0.3) is 0 Å². The van der Waals surface area contributed by atoms with Crippen LogP contribution < -0.4 is 0 Å². The number of non-ortho nitro benzene ring substituents is 1. The number of esters is 1. The van der Waals surface area contributed by atoms with Gasteiger partial charge >= 0.3 is 5.97 Å². The van der Waals surface area contributed by atoms with Gasteiger partial charge in [-0.1, -0.05) is 22.0 Å². The molecule has 1 rings (SSSR count). The number of alkyl halides is 1. The fraction of sp³-hybridized carbons (Fsp3) is 0.333. The number of nitro benzene ring substituents is 1. The monoisotopic (exact) mass is 329 g/mol. The molecule has 0 unspecified atom stereocenters. The van der Waals surface area contributed by atoms with Gasteiger partial charge in [0, 0.05) is 18.6 Å². The average molecular weight is 330 g/mol. The highest BCUT2D eigenvalue weighted by Gasteiger charge is 2.19. The van der Waals surface area contributed by atoms with E-state index >= 15 is 0 Å². The third-order valence-corrected chi connectivity index (χ3v) is 2.96. The van der Waals surface area contributed by atoms with Gasteiger partial charge in [0.05, 0.1) is 22.4 Å². The summed E-state index contributed by atoms with van der Waals surface area (Å²) in [6, 6.07) is 3.80. The Labute approximate surface area is 118 Å². The molecular weight excluding hydrogens is 318 g/mol. The van der Waals surface area contributed by atoms with Crippen molar-refractivity contribution in [2.45, 2.75) is 13.3 Å². The van der Waals surface area contributed by atoms with Crippen molar-refractivity contribution in [3.63, 3.8) is 0 Å². The number of ketones is 1. The second-order valence-electron chi connectivity index (χ2n) is 3.67. The first-order valence-corrected chi connectivity index (χ1v) is 6.63. The van der Waals surface area contributed by atoms with Crippen LogP contribution in [0, 0.1) is 10.1 Å². The third-order valence-electron chi connectivity index (χ3n) is 2.34. The fourth-order valence-corrected chi connectivity index (χ4v) is 1.69. The van der Waals surface area contributed by atoms with Crippen molar-refractivity contribution in [3.8, 4) is 0 Å². The molecule has 0 spiro atoms. The number of nitrogens with zero attached hydrogens (tertiary/aromatic N) is 1. The van der Waals surface area contributed by atoms with Gasteiger partial charge in [-0.3, -0.25) is 14.9 Å². The quantitative estimate of drug-likeness (QED) is 0.346. The summed E-state index contributed by atoms with van der Waals surface area (Å²) in [5.74, 6) is -0.789. The zero-order valence-corrected chi connectivity index (χ0v) is 11.8. The molecule has 0 radical (unpaired) electrons. The first kappa shape index (κ1) is 15.3. The van der Waals surface area contributed by atoms with E-state index in [9.17, 15) is 19.7 Å². The Bertz CT molecular complexity index is 515. The highest BCUT2D eigenvalue weighted by atomic mass is 79.9. The molecule has 0 fully saturated rings. The van der Waals surface area contributed by atoms with Crippen molar-refractivity contribution >= 4 is 33.4 Å². The Morgan fingerprint density at radius 3 is 2.63 bits per heavy atom. The maximum atomic E-state index is 11.7. The van der Waals surface area contributed by atoms with Crippen LogP contribution in [-0.2, 0) is 16.0 Å². The van der Waals surface area contributed by atoms with Crippen LogP contribution in [0.15, 0.2) is 18.2 Å². The molecule has 6 nitrogen and oxygen atoms in total. The SMILES string of the molecule is CCOC(=O)c1cc([N+](=O)[O-])ccc1CC(=O)CBr. The molecule has 0 amide bonds. The number of halogens is 1. The fourth-order valence-electron chi connectivity index (χ4n) is 1.49. The van der Waals surface area contributed by atoms with Gasteiger partial charge in [0.2, 0.25) is 0 Å². The summed E-state index contributed by atoms with van der Waals surface area (Å²) < 4.78 is 4.83. The molecule has 7 heteroatoms. The van der Waals surface area contributed by atoms with E-state index in [0.29, 0.717) is 5.56 Å². The zero-order chi connectivity index (χ0) is 14.4. The number of Topliss-reactive ketones (excluding diaryl/α,β-unsaturated/α-hetero) is 1. The second kappa shape index (κ2) is 6.98. The molecular formula is C12H12BrNO5. The standard InChI is InChI=1S/C12H12BrNO5/c1-2-19-12(16)11-6-9(14(17)18)4-3-8(11)5-10(15)7-13/h3-4,6H,2,5,7H2,1H3. The summed E-state index contributed by atoms with van der Waals surface area (Å²) in [4.78, 5) is 33.2. The van der Waals surface area contributed by atoms with Crippen LogP contribution in [0.4, 0.5) is 5.69 Å². The first-order valence-electron chi connectivity index (χ1n) is 5.51. The van der Waals surface area contributed by atoms with Crippen molar-refractivity contribution in [2.24, 2.45) is 0 Å². The molecule has 19 heavy (non-hydrogen) atoms. The van der Waals surface area contributed by atoms with E-state index < -0.39 is 10.9 Å². The van der Waals surface area contributed by atoms with E-state index in [0.717, 1.165) is 6.07 Å². The maximum absolute atomic E-state index is 11.7. The Morgan fingerprint density at radius 1 is 1.42 bits per heavy atom. The average Bonchev–Trinajstić information content (AvgIpc) is 2.38. The van der Waals surface area contributed by atoms with Crippen LogP contribution in [0.5, 0.6) is 0 Å². The molecule has 0 atom stereocenters. The maximum Gasteiger partial charge on any atom is 0.338 e. The lowest BCUT2D eigenvalue weighted by atomic mass is 10.0. The minimum atomic E-state index is -0.663. The third kappa shape index (κ3) is 4.13. The van der Waals surface area contributed by atoms with Crippen molar-refractivity contribution in [1.82, 2.24) is 0 Å². The summed E-state index contributed by atoms with van der Waals surface area (Å²) in [5, 5.41) is 10.9. The Balaban J connectivity index is 3.18. The van der Waals surface area contributed by atoms with E-state index in [4.69, 9.17) is 4.74 Å². The number of carbonyl (C=O) groups excluding carboxylic acids is 2. The van der Waals surface area contributed by atoms with E-state index in [1.54, 1.807) is 6.92 Å². The topological polar surface area (TPSA) is 86.5 Å². The number of benzene rings is 1. The minimum absolute atomic E-state index is 0.0252. The van der Waals surface area contributed by atoms with Gasteiger partial charge < -0.3 is 4.74 Å². The number of carbonyl (C=O) groups is 2. The van der Waals surface area contributed by atoms with Crippen LogP contribution >= 0.6 is 15.9 Å². The second-order valence-corrected chi connectivity index (χ2v) is 4.23. The van der Waals surface area contributed by atoms with Crippen LogP contribution in [0.2, 0.25) is 0 Å². The molecule has 1 aromatic carbocycles. The van der Waals surface area contributed by atoms with E-state index in [1.807, 2.05) is 0 Å². The predicted molar refractivity (Wildman–Crippen MR) is 71.6 cm³/mol. The Hall–Kier alpha value is -1.76. The molecule has 0 saturated carbocycles. The molecule has 0 bridgehead atoms. The van der Waals surface area contributed by atoms with Gasteiger partial charge in [0.15, 0.2) is 0 Å². The number of rotatable bonds is 6. The summed E-state index contributed by atoms with van der Waals surface area (Å²) in [7, 11) is 0. The first-order chi connectivity index (χ1) is 8.99. The molecule has 1 aromatic rings. The normalized spacial score (nSPS) is 10.0. The van der Waals surface area contributed by atoms with Gasteiger partial charge in [-0.15, -0.1) is 0 Å². The van der Waals surface area contributed by atoms with Crippen LogP contribution in [0.1, 0.15) is 22.8 Å². The molecule has 0 heterocycles. The van der Waals surface area contributed by atoms with Gasteiger partial charge in [-0.25, -0.2) is 4.79 Å². The molecule has 102 valence electrons. The lowest BCUT2D eigenvalue weighted by molar-refractivity contribution is -0.384. The van der Waals surface area contributed by atoms with Gasteiger partial charge in [-0.05, 0) is 12.5 Å². The van der Waals surface area contributed by atoms with E-state index in [-0.39, 0.29) is 35.4 Å². The Morgan fingerprint density at radius 2 is 2.11 bits per heavy atom. The van der Waals surface area contributed by atoms with Crippen molar-refractivity contribution in [1.29, 1.82) is 0 Å². The highest BCUT2D eigenvalue weighted by Crippen LogP contribution is 2.20. The smallest absolute Gasteiger partial charge is 0.338 e. The van der Waals surface area contributed by atoms with Crippen molar-refractivity contribution in [2.75, 3.05) is 11.9 Å². The molecule has 0 aromatic heterocycles. The van der Waals surface area contributed by atoms with Crippen molar-refractivity contribution < 1.29 is 19.2 Å². The molecule has 0 aliphatic heterocycles. The van der Waals surface area contributed by atoms with Gasteiger partial charge in [0.25, 0.3) is 5.69 Å². The molecule has 0 saturated heterocycles. The van der Waals surface area contributed by atoms with Gasteiger partial charge in [-0.2, -0.15) is 0 Å². The van der Waals surface area contributed by atoms with E-state index in [2.05, 4.69) is 15.9 Å². The summed E-state index contributed by atoms with van der Waals surface area (Å²) in [5.41, 5.74) is 0.275. The van der Waals surface area contributed by atoms with Gasteiger partial charge in [0.1, 0.15) is 5.78 Å². The zero-order valence-electron chi connectivity index (χ0n) is 10.2.